The van der Waals surface area contributed by atoms with Gasteiger partial charge in [0.25, 0.3) is 0 Å². The van der Waals surface area contributed by atoms with E-state index in [1.165, 1.54) is 0 Å². The third-order valence-corrected chi connectivity index (χ3v) is 2.71. The molecular formula is C12H23NO4. The first kappa shape index (κ1) is 14.3. The van der Waals surface area contributed by atoms with Crippen LogP contribution in [0.2, 0.25) is 0 Å². The number of nitrogens with zero attached hydrogens (tertiary/aromatic N) is 1. The van der Waals surface area contributed by atoms with Crippen molar-refractivity contribution in [3.8, 4) is 0 Å². The maximum absolute atomic E-state index is 12.0. The second kappa shape index (κ2) is 5.69. The lowest BCUT2D eigenvalue weighted by Crippen LogP contribution is -2.47. The summed E-state index contributed by atoms with van der Waals surface area (Å²) in [5, 5.41) is 9.04. The Morgan fingerprint density at radius 2 is 2.18 bits per heavy atom. The van der Waals surface area contributed by atoms with Crippen LogP contribution in [0, 0.1) is 0 Å². The first-order valence-electron chi connectivity index (χ1n) is 6.07. The SMILES string of the molecule is CC1OCCC1N(CCO)C(=O)OC(C)(C)C. The molecule has 100 valence electrons. The molecule has 5 nitrogen and oxygen atoms in total. The monoisotopic (exact) mass is 245 g/mol. The highest BCUT2D eigenvalue weighted by Gasteiger charge is 2.34. The quantitative estimate of drug-likeness (QED) is 0.816. The Morgan fingerprint density at radius 1 is 1.53 bits per heavy atom. The molecule has 5 heteroatoms. The van der Waals surface area contributed by atoms with E-state index >= 15 is 0 Å². The molecule has 0 radical (unpaired) electrons. The number of aliphatic hydroxyl groups is 1. The maximum Gasteiger partial charge on any atom is 0.410 e. The summed E-state index contributed by atoms with van der Waals surface area (Å²) in [6.07, 6.45) is 0.406. The maximum atomic E-state index is 12.0. The lowest BCUT2D eigenvalue weighted by atomic mass is 10.1. The minimum Gasteiger partial charge on any atom is -0.444 e. The molecule has 2 atom stereocenters. The van der Waals surface area contributed by atoms with Crippen LogP contribution in [0.5, 0.6) is 0 Å². The Kier molecular flexibility index (Phi) is 4.77. The van der Waals surface area contributed by atoms with Crippen LogP contribution < -0.4 is 0 Å². The Labute approximate surface area is 103 Å². The fourth-order valence-corrected chi connectivity index (χ4v) is 1.95. The number of amides is 1. The van der Waals surface area contributed by atoms with Crippen LogP contribution in [0.25, 0.3) is 0 Å². The van der Waals surface area contributed by atoms with E-state index in [0.717, 1.165) is 6.42 Å². The molecule has 1 N–H and O–H groups in total. The fourth-order valence-electron chi connectivity index (χ4n) is 1.95. The summed E-state index contributed by atoms with van der Waals surface area (Å²) in [6.45, 7) is 8.29. The number of ether oxygens (including phenoxy) is 2. The van der Waals surface area contributed by atoms with Gasteiger partial charge in [-0.3, -0.25) is 0 Å². The molecule has 1 fully saturated rings. The van der Waals surface area contributed by atoms with Gasteiger partial charge in [0.15, 0.2) is 0 Å². The van der Waals surface area contributed by atoms with Gasteiger partial charge in [-0.2, -0.15) is 0 Å². The molecule has 1 amide bonds. The van der Waals surface area contributed by atoms with E-state index in [1.807, 2.05) is 27.7 Å². The molecule has 0 aliphatic carbocycles. The van der Waals surface area contributed by atoms with Gasteiger partial charge in [-0.1, -0.05) is 0 Å². The molecule has 0 bridgehead atoms. The van der Waals surface area contributed by atoms with Crippen LogP contribution in [-0.4, -0.2) is 53.6 Å². The molecule has 0 aromatic heterocycles. The van der Waals surface area contributed by atoms with Crippen molar-refractivity contribution in [1.82, 2.24) is 4.90 Å². The molecule has 0 aromatic carbocycles. The number of rotatable bonds is 3. The third kappa shape index (κ3) is 4.16. The van der Waals surface area contributed by atoms with Crippen molar-refractivity contribution < 1.29 is 19.4 Å². The third-order valence-electron chi connectivity index (χ3n) is 2.71. The predicted molar refractivity (Wildman–Crippen MR) is 63.8 cm³/mol. The second-order valence-corrected chi connectivity index (χ2v) is 5.33. The predicted octanol–water partition coefficient (Wildman–Crippen LogP) is 1.39. The summed E-state index contributed by atoms with van der Waals surface area (Å²) in [4.78, 5) is 13.6. The average Bonchev–Trinajstić information content (AvgIpc) is 2.58. The van der Waals surface area contributed by atoms with Crippen molar-refractivity contribution in [3.05, 3.63) is 0 Å². The van der Waals surface area contributed by atoms with Crippen molar-refractivity contribution in [2.45, 2.75) is 51.9 Å². The zero-order chi connectivity index (χ0) is 13.1. The van der Waals surface area contributed by atoms with Crippen LogP contribution in [-0.2, 0) is 9.47 Å². The van der Waals surface area contributed by atoms with Crippen LogP contribution >= 0.6 is 0 Å². The molecule has 1 aliphatic heterocycles. The van der Waals surface area contributed by atoms with E-state index in [4.69, 9.17) is 14.6 Å². The van der Waals surface area contributed by atoms with Gasteiger partial charge in [-0.05, 0) is 34.1 Å². The fraction of sp³-hybridized carbons (Fsp3) is 0.917. The number of aliphatic hydroxyl groups excluding tert-OH is 1. The van der Waals surface area contributed by atoms with Gasteiger partial charge in [0, 0.05) is 13.2 Å². The molecular weight excluding hydrogens is 222 g/mol. The lowest BCUT2D eigenvalue weighted by molar-refractivity contribution is 0.00200. The van der Waals surface area contributed by atoms with Gasteiger partial charge in [0.2, 0.25) is 0 Å². The first-order valence-corrected chi connectivity index (χ1v) is 6.07. The van der Waals surface area contributed by atoms with Crippen molar-refractivity contribution >= 4 is 6.09 Å². The normalized spacial score (nSPS) is 24.8. The van der Waals surface area contributed by atoms with E-state index in [2.05, 4.69) is 0 Å². The zero-order valence-corrected chi connectivity index (χ0v) is 11.1. The van der Waals surface area contributed by atoms with Crippen molar-refractivity contribution in [2.24, 2.45) is 0 Å². The van der Waals surface area contributed by atoms with E-state index in [9.17, 15) is 4.79 Å². The van der Waals surface area contributed by atoms with Gasteiger partial charge in [0.1, 0.15) is 5.60 Å². The van der Waals surface area contributed by atoms with Crippen molar-refractivity contribution in [2.75, 3.05) is 19.8 Å². The summed E-state index contributed by atoms with van der Waals surface area (Å²) in [7, 11) is 0. The standard InChI is InChI=1S/C12H23NO4/c1-9-10(5-8-16-9)13(6-7-14)11(15)17-12(2,3)4/h9-10,14H,5-8H2,1-4H3. The minimum absolute atomic E-state index is 0.00278. The van der Waals surface area contributed by atoms with Gasteiger partial charge >= 0.3 is 6.09 Å². The van der Waals surface area contributed by atoms with Crippen LogP contribution in [0.1, 0.15) is 34.1 Å². The average molecular weight is 245 g/mol. The summed E-state index contributed by atoms with van der Waals surface area (Å²) in [5.74, 6) is 0. The zero-order valence-electron chi connectivity index (χ0n) is 11.1. The Bertz CT molecular complexity index is 262. The van der Waals surface area contributed by atoms with Gasteiger partial charge in [0.05, 0.1) is 18.8 Å². The molecule has 2 unspecified atom stereocenters. The minimum atomic E-state index is -0.520. The summed E-state index contributed by atoms with van der Waals surface area (Å²) in [6, 6.07) is -0.00278. The topological polar surface area (TPSA) is 59.0 Å². The molecule has 1 saturated heterocycles. The van der Waals surface area contributed by atoms with Crippen LogP contribution in [0.3, 0.4) is 0 Å². The first-order chi connectivity index (χ1) is 7.85. The van der Waals surface area contributed by atoms with Gasteiger partial charge in [-0.15, -0.1) is 0 Å². The number of carbonyl (C=O) groups is 1. The molecule has 17 heavy (non-hydrogen) atoms. The lowest BCUT2D eigenvalue weighted by Gasteiger charge is -2.32. The van der Waals surface area contributed by atoms with E-state index in [0.29, 0.717) is 6.61 Å². The molecule has 0 saturated carbocycles. The number of hydrogen-bond donors (Lipinski definition) is 1. The smallest absolute Gasteiger partial charge is 0.410 e. The highest BCUT2D eigenvalue weighted by molar-refractivity contribution is 5.68. The van der Waals surface area contributed by atoms with Crippen LogP contribution in [0.4, 0.5) is 4.79 Å². The van der Waals surface area contributed by atoms with E-state index in [-0.39, 0.29) is 31.4 Å². The van der Waals surface area contributed by atoms with Crippen molar-refractivity contribution in [1.29, 1.82) is 0 Å². The highest BCUT2D eigenvalue weighted by Crippen LogP contribution is 2.21. The molecule has 0 spiro atoms. The number of hydrogen-bond acceptors (Lipinski definition) is 4. The van der Waals surface area contributed by atoms with E-state index < -0.39 is 5.60 Å². The summed E-state index contributed by atoms with van der Waals surface area (Å²) >= 11 is 0. The molecule has 1 aliphatic rings. The Hall–Kier alpha value is -0.810. The summed E-state index contributed by atoms with van der Waals surface area (Å²) in [5.41, 5.74) is -0.520. The van der Waals surface area contributed by atoms with Crippen molar-refractivity contribution in [3.63, 3.8) is 0 Å². The Balaban J connectivity index is 2.67. The highest BCUT2D eigenvalue weighted by atomic mass is 16.6. The molecule has 1 rings (SSSR count). The van der Waals surface area contributed by atoms with E-state index in [1.54, 1.807) is 4.90 Å². The van der Waals surface area contributed by atoms with Crippen LogP contribution in [0.15, 0.2) is 0 Å². The number of carbonyl (C=O) groups excluding carboxylic acids is 1. The Morgan fingerprint density at radius 3 is 2.59 bits per heavy atom. The molecule has 1 heterocycles. The largest absolute Gasteiger partial charge is 0.444 e. The summed E-state index contributed by atoms with van der Waals surface area (Å²) < 4.78 is 10.8. The molecule has 0 aromatic rings. The second-order valence-electron chi connectivity index (χ2n) is 5.33. The van der Waals surface area contributed by atoms with Gasteiger partial charge < -0.3 is 19.5 Å². The van der Waals surface area contributed by atoms with Gasteiger partial charge in [-0.25, -0.2) is 4.79 Å².